The minimum Gasteiger partial charge on any atom is -0.367 e. The number of benzene rings is 1. The smallest absolute Gasteiger partial charge is 0.0402 e. The lowest BCUT2D eigenvalue weighted by Gasteiger charge is -2.32. The van der Waals surface area contributed by atoms with E-state index in [1.807, 2.05) is 0 Å². The third kappa shape index (κ3) is 3.30. The van der Waals surface area contributed by atoms with Crippen LogP contribution in [0.25, 0.3) is 0 Å². The van der Waals surface area contributed by atoms with Gasteiger partial charge in [-0.3, -0.25) is 0 Å². The van der Waals surface area contributed by atoms with Gasteiger partial charge in [-0.2, -0.15) is 0 Å². The first kappa shape index (κ1) is 14.4. The van der Waals surface area contributed by atoms with Crippen molar-refractivity contribution in [3.63, 3.8) is 0 Å². The van der Waals surface area contributed by atoms with Gasteiger partial charge in [0.25, 0.3) is 0 Å². The van der Waals surface area contributed by atoms with E-state index in [0.717, 1.165) is 13.1 Å². The quantitative estimate of drug-likeness (QED) is 0.842. The summed E-state index contributed by atoms with van der Waals surface area (Å²) in [4.78, 5) is 2.59. The molecule has 2 unspecified atom stereocenters. The molecule has 0 spiro atoms. The third-order valence-corrected chi connectivity index (χ3v) is 4.20. The molecule has 19 heavy (non-hydrogen) atoms. The summed E-state index contributed by atoms with van der Waals surface area (Å²) in [5.74, 6) is 0.673. The summed E-state index contributed by atoms with van der Waals surface area (Å²) >= 11 is 0. The molecule has 0 saturated heterocycles. The van der Waals surface area contributed by atoms with Gasteiger partial charge in [-0.25, -0.2) is 0 Å². The van der Waals surface area contributed by atoms with Crippen molar-refractivity contribution >= 4 is 5.69 Å². The molecular formula is C17H28N2. The van der Waals surface area contributed by atoms with Gasteiger partial charge in [-0.15, -0.1) is 0 Å². The van der Waals surface area contributed by atoms with E-state index in [4.69, 9.17) is 0 Å². The van der Waals surface area contributed by atoms with Crippen molar-refractivity contribution in [2.24, 2.45) is 5.92 Å². The summed E-state index contributed by atoms with van der Waals surface area (Å²) in [6, 6.07) is 10.1. The van der Waals surface area contributed by atoms with E-state index in [0.29, 0.717) is 18.0 Å². The van der Waals surface area contributed by atoms with Crippen LogP contribution >= 0.6 is 0 Å². The molecule has 1 aliphatic rings. The number of rotatable bonds is 6. The van der Waals surface area contributed by atoms with Crippen molar-refractivity contribution in [2.75, 3.05) is 18.0 Å². The molecule has 2 heteroatoms. The number of fused-ring (bicyclic) bond motifs is 1. The molecule has 2 rings (SSSR count). The Balaban J connectivity index is 2.08. The highest BCUT2D eigenvalue weighted by Gasteiger charge is 2.28. The Bertz CT molecular complexity index is 400. The number of anilines is 1. The van der Waals surface area contributed by atoms with E-state index in [-0.39, 0.29) is 0 Å². The predicted molar refractivity (Wildman–Crippen MR) is 83.9 cm³/mol. The Morgan fingerprint density at radius 2 is 2.05 bits per heavy atom. The van der Waals surface area contributed by atoms with Gasteiger partial charge in [0.15, 0.2) is 0 Å². The zero-order valence-electron chi connectivity index (χ0n) is 12.8. The Morgan fingerprint density at radius 1 is 1.32 bits per heavy atom. The molecule has 0 amide bonds. The molecule has 2 nitrogen and oxygen atoms in total. The Labute approximate surface area is 118 Å². The number of nitrogens with one attached hydrogen (secondary N) is 1. The average molecular weight is 260 g/mol. The standard InChI is InChI=1S/C17H28N2/c1-5-10-18-16(13(2)3)12-19-14(4)11-15-8-6-7-9-17(15)19/h6-9,13-14,16,18H,5,10-12H2,1-4H3. The van der Waals surface area contributed by atoms with Crippen LogP contribution in [0.5, 0.6) is 0 Å². The lowest BCUT2D eigenvalue weighted by atomic mass is 10.0. The van der Waals surface area contributed by atoms with Gasteiger partial charge in [0.2, 0.25) is 0 Å². The molecule has 106 valence electrons. The van der Waals surface area contributed by atoms with Gasteiger partial charge < -0.3 is 10.2 Å². The average Bonchev–Trinajstić information content (AvgIpc) is 2.70. The highest BCUT2D eigenvalue weighted by molar-refractivity contribution is 5.59. The maximum absolute atomic E-state index is 3.71. The molecule has 0 aromatic heterocycles. The predicted octanol–water partition coefficient (Wildman–Crippen LogP) is 3.46. The minimum atomic E-state index is 0.577. The van der Waals surface area contributed by atoms with Crippen molar-refractivity contribution in [1.82, 2.24) is 5.32 Å². The summed E-state index contributed by atoms with van der Waals surface area (Å²) in [6.45, 7) is 11.5. The van der Waals surface area contributed by atoms with Crippen LogP contribution in [0.1, 0.15) is 39.7 Å². The molecule has 0 bridgehead atoms. The van der Waals surface area contributed by atoms with E-state index in [1.54, 1.807) is 0 Å². The van der Waals surface area contributed by atoms with Gasteiger partial charge in [-0.1, -0.05) is 39.0 Å². The summed E-state index contributed by atoms with van der Waals surface area (Å²) in [5.41, 5.74) is 2.95. The number of para-hydroxylation sites is 1. The van der Waals surface area contributed by atoms with E-state index < -0.39 is 0 Å². The monoisotopic (exact) mass is 260 g/mol. The van der Waals surface area contributed by atoms with Gasteiger partial charge >= 0.3 is 0 Å². The van der Waals surface area contributed by atoms with Crippen LogP contribution in [0.4, 0.5) is 5.69 Å². The molecule has 0 saturated carbocycles. The molecule has 1 N–H and O–H groups in total. The zero-order valence-corrected chi connectivity index (χ0v) is 12.8. The topological polar surface area (TPSA) is 15.3 Å². The molecule has 0 radical (unpaired) electrons. The molecular weight excluding hydrogens is 232 g/mol. The Morgan fingerprint density at radius 3 is 2.74 bits per heavy atom. The van der Waals surface area contributed by atoms with Crippen molar-refractivity contribution < 1.29 is 0 Å². The number of nitrogens with zero attached hydrogens (tertiary/aromatic N) is 1. The van der Waals surface area contributed by atoms with Crippen LogP contribution in [0.15, 0.2) is 24.3 Å². The van der Waals surface area contributed by atoms with E-state index >= 15 is 0 Å². The summed E-state index contributed by atoms with van der Waals surface area (Å²) in [5, 5.41) is 3.71. The highest BCUT2D eigenvalue weighted by atomic mass is 15.2. The Hall–Kier alpha value is -1.02. The van der Waals surface area contributed by atoms with Crippen LogP contribution in [0, 0.1) is 5.92 Å². The summed E-state index contributed by atoms with van der Waals surface area (Å²) in [7, 11) is 0. The number of hydrogen-bond donors (Lipinski definition) is 1. The summed E-state index contributed by atoms with van der Waals surface area (Å²) < 4.78 is 0. The van der Waals surface area contributed by atoms with Gasteiger partial charge in [0, 0.05) is 24.3 Å². The molecule has 0 aliphatic carbocycles. The normalized spacial score (nSPS) is 19.8. The fourth-order valence-electron chi connectivity index (χ4n) is 2.96. The zero-order chi connectivity index (χ0) is 13.8. The minimum absolute atomic E-state index is 0.577. The highest BCUT2D eigenvalue weighted by Crippen LogP contribution is 2.32. The van der Waals surface area contributed by atoms with Gasteiger partial charge in [-0.05, 0) is 43.9 Å². The molecule has 0 fully saturated rings. The fraction of sp³-hybridized carbons (Fsp3) is 0.647. The second-order valence-corrected chi connectivity index (χ2v) is 6.14. The molecule has 2 atom stereocenters. The van der Waals surface area contributed by atoms with Crippen LogP contribution in [-0.4, -0.2) is 25.2 Å². The third-order valence-electron chi connectivity index (χ3n) is 4.20. The maximum Gasteiger partial charge on any atom is 0.0402 e. The van der Waals surface area contributed by atoms with Crippen LogP contribution in [-0.2, 0) is 6.42 Å². The van der Waals surface area contributed by atoms with Crippen LogP contribution < -0.4 is 10.2 Å². The van der Waals surface area contributed by atoms with Crippen LogP contribution in [0.3, 0.4) is 0 Å². The first-order valence-electron chi connectivity index (χ1n) is 7.71. The molecule has 1 aliphatic heterocycles. The van der Waals surface area contributed by atoms with Crippen molar-refractivity contribution in [2.45, 2.75) is 52.6 Å². The number of hydrogen-bond acceptors (Lipinski definition) is 2. The largest absolute Gasteiger partial charge is 0.367 e. The fourth-order valence-corrected chi connectivity index (χ4v) is 2.96. The SMILES string of the molecule is CCCNC(CN1c2ccccc2CC1C)C(C)C. The first-order valence-corrected chi connectivity index (χ1v) is 7.71. The van der Waals surface area contributed by atoms with E-state index in [9.17, 15) is 0 Å². The molecule has 1 heterocycles. The summed E-state index contributed by atoms with van der Waals surface area (Å²) in [6.07, 6.45) is 2.39. The van der Waals surface area contributed by atoms with Crippen LogP contribution in [0.2, 0.25) is 0 Å². The Kier molecular flexibility index (Phi) is 4.87. The van der Waals surface area contributed by atoms with Crippen molar-refractivity contribution in [3.05, 3.63) is 29.8 Å². The van der Waals surface area contributed by atoms with Gasteiger partial charge in [0.05, 0.1) is 0 Å². The first-order chi connectivity index (χ1) is 9.13. The van der Waals surface area contributed by atoms with E-state index in [2.05, 4.69) is 62.2 Å². The van der Waals surface area contributed by atoms with E-state index in [1.165, 1.54) is 24.1 Å². The van der Waals surface area contributed by atoms with Crippen molar-refractivity contribution in [1.29, 1.82) is 0 Å². The molecule has 1 aromatic rings. The molecule has 1 aromatic carbocycles. The van der Waals surface area contributed by atoms with Crippen molar-refractivity contribution in [3.8, 4) is 0 Å². The lowest BCUT2D eigenvalue weighted by molar-refractivity contribution is 0.391. The lowest BCUT2D eigenvalue weighted by Crippen LogP contribution is -2.46. The maximum atomic E-state index is 3.71. The van der Waals surface area contributed by atoms with Gasteiger partial charge in [0.1, 0.15) is 0 Å². The second-order valence-electron chi connectivity index (χ2n) is 6.14. The second kappa shape index (κ2) is 6.42.